The van der Waals surface area contributed by atoms with E-state index in [2.05, 4.69) is 32.8 Å². The first-order valence-electron chi connectivity index (χ1n) is 3.05. The van der Waals surface area contributed by atoms with Gasteiger partial charge in [0.05, 0.1) is 11.7 Å². The Morgan fingerprint density at radius 3 is 3.09 bits per heavy atom. The Morgan fingerprint density at radius 1 is 1.45 bits per heavy atom. The Labute approximate surface area is 82.1 Å². The van der Waals surface area contributed by atoms with Crippen LogP contribution in [0.4, 0.5) is 0 Å². The number of benzene rings is 1. The average molecular weight is 278 g/mol. The third kappa shape index (κ3) is 1.22. The fourth-order valence-electron chi connectivity index (χ4n) is 0.975. The zero-order chi connectivity index (χ0) is 7.84. The Morgan fingerprint density at radius 2 is 2.27 bits per heavy atom. The number of fused-ring (bicyclic) bond motifs is 1. The first-order chi connectivity index (χ1) is 5.27. The molecule has 0 amide bonds. The van der Waals surface area contributed by atoms with Gasteiger partial charge in [0.1, 0.15) is 0 Å². The highest BCUT2D eigenvalue weighted by Crippen LogP contribution is 2.22. The predicted molar refractivity (Wildman–Crippen MR) is 53.8 cm³/mol. The van der Waals surface area contributed by atoms with Crippen LogP contribution in [0.1, 0.15) is 0 Å². The smallest absolute Gasteiger partial charge is 0.0675 e. The summed E-state index contributed by atoms with van der Waals surface area (Å²) in [5.41, 5.74) is 0.988. The second-order valence-electron chi connectivity index (χ2n) is 2.22. The molecule has 2 nitrogen and oxygen atoms in total. The first kappa shape index (κ1) is 7.36. The lowest BCUT2D eigenvalue weighted by Crippen LogP contribution is -1.73. The van der Waals surface area contributed by atoms with E-state index in [-0.39, 0.29) is 0 Å². The lowest BCUT2D eigenvalue weighted by Gasteiger charge is -1.93. The van der Waals surface area contributed by atoms with Crippen LogP contribution in [-0.2, 0) is 0 Å². The molecule has 0 aliphatic heterocycles. The molecule has 0 aliphatic carbocycles. The van der Waals surface area contributed by atoms with Gasteiger partial charge in [-0.15, -0.1) is 0 Å². The minimum absolute atomic E-state index is 0.742. The lowest BCUT2D eigenvalue weighted by molar-refractivity contribution is 1.12. The van der Waals surface area contributed by atoms with Crippen molar-refractivity contribution in [1.82, 2.24) is 10.2 Å². The van der Waals surface area contributed by atoms with E-state index in [9.17, 15) is 0 Å². The number of nitrogens with one attached hydrogen (secondary N) is 1. The number of nitrogens with zero attached hydrogens (tertiary/aromatic N) is 1. The van der Waals surface area contributed by atoms with Gasteiger partial charge < -0.3 is 0 Å². The lowest BCUT2D eigenvalue weighted by atomic mass is 10.3. The third-order valence-corrected chi connectivity index (χ3v) is 2.58. The molecule has 0 bridgehead atoms. The van der Waals surface area contributed by atoms with Crippen LogP contribution in [0.25, 0.3) is 10.9 Å². The number of hydrogen-bond acceptors (Lipinski definition) is 1. The minimum Gasteiger partial charge on any atom is -0.278 e. The molecule has 2 rings (SSSR count). The highest BCUT2D eigenvalue weighted by atomic mass is 127. The molecule has 0 fully saturated rings. The van der Waals surface area contributed by atoms with Crippen molar-refractivity contribution >= 4 is 45.1 Å². The molecule has 56 valence electrons. The number of H-pyrrole nitrogens is 1. The second-order valence-corrected chi connectivity index (χ2v) is 3.82. The monoisotopic (exact) mass is 278 g/mol. The zero-order valence-corrected chi connectivity index (χ0v) is 8.35. The minimum atomic E-state index is 0.742. The Hall–Kier alpha value is -0.290. The van der Waals surface area contributed by atoms with Gasteiger partial charge in [-0.25, -0.2) is 0 Å². The van der Waals surface area contributed by atoms with Gasteiger partial charge in [-0.1, -0.05) is 11.6 Å². The number of aromatic nitrogens is 2. The van der Waals surface area contributed by atoms with Crippen molar-refractivity contribution < 1.29 is 0 Å². The molecule has 1 aromatic heterocycles. The van der Waals surface area contributed by atoms with Gasteiger partial charge in [0.2, 0.25) is 0 Å². The molecule has 1 heterocycles. The molecule has 1 N–H and O–H groups in total. The summed E-state index contributed by atoms with van der Waals surface area (Å²) in [5, 5.41) is 8.64. The topological polar surface area (TPSA) is 28.7 Å². The van der Waals surface area contributed by atoms with Gasteiger partial charge in [0.25, 0.3) is 0 Å². The summed E-state index contributed by atoms with van der Waals surface area (Å²) in [6, 6.07) is 3.78. The Balaban J connectivity index is 2.91. The van der Waals surface area contributed by atoms with Crippen LogP contribution >= 0.6 is 34.2 Å². The molecule has 0 saturated heterocycles. The van der Waals surface area contributed by atoms with Gasteiger partial charge in [0.15, 0.2) is 0 Å². The van der Waals surface area contributed by atoms with Crippen molar-refractivity contribution in [3.63, 3.8) is 0 Å². The van der Waals surface area contributed by atoms with Gasteiger partial charge in [-0.05, 0) is 34.7 Å². The van der Waals surface area contributed by atoms with E-state index in [0.29, 0.717) is 0 Å². The van der Waals surface area contributed by atoms with Crippen LogP contribution in [0, 0.1) is 3.57 Å². The molecule has 2 aromatic rings. The van der Waals surface area contributed by atoms with E-state index >= 15 is 0 Å². The van der Waals surface area contributed by atoms with E-state index < -0.39 is 0 Å². The number of halogens is 2. The van der Waals surface area contributed by atoms with Crippen molar-refractivity contribution in [1.29, 1.82) is 0 Å². The van der Waals surface area contributed by atoms with E-state index in [1.165, 1.54) is 0 Å². The molecule has 0 spiro atoms. The molecule has 4 heteroatoms. The molecule has 0 aliphatic rings. The molecule has 11 heavy (non-hydrogen) atoms. The normalized spacial score (nSPS) is 10.7. The molecular weight excluding hydrogens is 274 g/mol. The van der Waals surface area contributed by atoms with Crippen LogP contribution < -0.4 is 0 Å². The average Bonchev–Trinajstić information content (AvgIpc) is 2.34. The summed E-state index contributed by atoms with van der Waals surface area (Å²) in [5.74, 6) is 0. The summed E-state index contributed by atoms with van der Waals surface area (Å²) in [6.07, 6.45) is 1.80. The molecule has 0 saturated carbocycles. The Kier molecular flexibility index (Phi) is 1.77. The maximum Gasteiger partial charge on any atom is 0.0675 e. The van der Waals surface area contributed by atoms with Gasteiger partial charge in [0, 0.05) is 14.0 Å². The summed E-state index contributed by atoms with van der Waals surface area (Å²) in [6.45, 7) is 0. The van der Waals surface area contributed by atoms with Crippen LogP contribution in [-0.4, -0.2) is 10.2 Å². The van der Waals surface area contributed by atoms with E-state index in [4.69, 9.17) is 11.6 Å². The summed E-state index contributed by atoms with van der Waals surface area (Å²) in [4.78, 5) is 0. The molecule has 1 aromatic carbocycles. The zero-order valence-electron chi connectivity index (χ0n) is 5.44. The van der Waals surface area contributed by atoms with E-state index in [0.717, 1.165) is 19.5 Å². The summed E-state index contributed by atoms with van der Waals surface area (Å²) in [7, 11) is 0. The predicted octanol–water partition coefficient (Wildman–Crippen LogP) is 2.82. The third-order valence-electron chi connectivity index (χ3n) is 1.47. The molecular formula is C7H4ClIN2. The van der Waals surface area contributed by atoms with E-state index in [1.807, 2.05) is 12.1 Å². The largest absolute Gasteiger partial charge is 0.278 e. The van der Waals surface area contributed by atoms with Crippen LogP contribution in [0.2, 0.25) is 5.02 Å². The number of rotatable bonds is 0. The highest BCUT2D eigenvalue weighted by molar-refractivity contribution is 14.1. The highest BCUT2D eigenvalue weighted by Gasteiger charge is 2.00. The molecule has 0 radical (unpaired) electrons. The fourth-order valence-corrected chi connectivity index (χ4v) is 2.14. The standard InChI is InChI=1S/C7H4ClIN2/c8-4-1-6(9)5-3-10-11-7(5)2-4/h1-3H,(H,10,11). The van der Waals surface area contributed by atoms with Crippen molar-refractivity contribution in [2.24, 2.45) is 0 Å². The second kappa shape index (κ2) is 2.64. The van der Waals surface area contributed by atoms with Crippen molar-refractivity contribution in [2.75, 3.05) is 0 Å². The van der Waals surface area contributed by atoms with E-state index in [1.54, 1.807) is 6.20 Å². The van der Waals surface area contributed by atoms with Crippen LogP contribution in [0.15, 0.2) is 18.3 Å². The van der Waals surface area contributed by atoms with Crippen molar-refractivity contribution in [3.05, 3.63) is 26.9 Å². The van der Waals surface area contributed by atoms with Gasteiger partial charge >= 0.3 is 0 Å². The quantitative estimate of drug-likeness (QED) is 0.738. The SMILES string of the molecule is Clc1cc(I)c2cn[nH]c2c1. The number of hydrogen-bond donors (Lipinski definition) is 1. The molecule has 0 atom stereocenters. The van der Waals surface area contributed by atoms with Crippen LogP contribution in [0.3, 0.4) is 0 Å². The fraction of sp³-hybridized carbons (Fsp3) is 0. The van der Waals surface area contributed by atoms with Gasteiger partial charge in [-0.2, -0.15) is 5.10 Å². The Bertz CT molecular complexity index is 396. The molecule has 0 unspecified atom stereocenters. The van der Waals surface area contributed by atoms with Gasteiger partial charge in [-0.3, -0.25) is 5.10 Å². The number of aromatic amines is 1. The maximum atomic E-state index is 5.83. The maximum absolute atomic E-state index is 5.83. The van der Waals surface area contributed by atoms with Crippen molar-refractivity contribution in [3.8, 4) is 0 Å². The van der Waals surface area contributed by atoms with Crippen LogP contribution in [0.5, 0.6) is 0 Å². The summed E-state index contributed by atoms with van der Waals surface area (Å²) >= 11 is 8.06. The van der Waals surface area contributed by atoms with Crippen molar-refractivity contribution in [2.45, 2.75) is 0 Å². The first-order valence-corrected chi connectivity index (χ1v) is 4.51. The summed E-state index contributed by atoms with van der Waals surface area (Å²) < 4.78 is 1.12.